The van der Waals surface area contributed by atoms with Crippen molar-refractivity contribution < 1.29 is 9.53 Å². The quantitative estimate of drug-likeness (QED) is 0.539. The van der Waals surface area contributed by atoms with Crippen LogP contribution in [0.2, 0.25) is 0 Å². The first-order chi connectivity index (χ1) is 14.2. The zero-order valence-electron chi connectivity index (χ0n) is 15.8. The van der Waals surface area contributed by atoms with Crippen LogP contribution in [0.3, 0.4) is 0 Å². The van der Waals surface area contributed by atoms with Crippen LogP contribution in [0.25, 0.3) is 16.7 Å². The van der Waals surface area contributed by atoms with E-state index in [-0.39, 0.29) is 11.5 Å². The van der Waals surface area contributed by atoms with E-state index in [9.17, 15) is 9.59 Å². The van der Waals surface area contributed by atoms with Gasteiger partial charge in [-0.05, 0) is 42.0 Å². The molecule has 146 valence electrons. The predicted octanol–water partition coefficient (Wildman–Crippen LogP) is 2.17. The zero-order chi connectivity index (χ0) is 19.8. The molecule has 0 radical (unpaired) electrons. The zero-order valence-corrected chi connectivity index (χ0v) is 15.8. The van der Waals surface area contributed by atoms with Crippen LogP contribution in [0, 0.1) is 0 Å². The SMILES string of the molecule is O=C(c1cccc(Cn2c(=O)c3cccn3c3cccnc32)c1)N1CCOCC1. The fourth-order valence-electron chi connectivity index (χ4n) is 3.87. The predicted molar refractivity (Wildman–Crippen MR) is 109 cm³/mol. The number of hydrogen-bond donors (Lipinski definition) is 0. The number of pyridine rings is 1. The summed E-state index contributed by atoms with van der Waals surface area (Å²) < 4.78 is 8.86. The number of aromatic nitrogens is 3. The number of hydrogen-bond acceptors (Lipinski definition) is 4. The van der Waals surface area contributed by atoms with Gasteiger partial charge in [-0.1, -0.05) is 12.1 Å². The van der Waals surface area contributed by atoms with E-state index in [1.54, 1.807) is 15.7 Å². The van der Waals surface area contributed by atoms with E-state index in [0.29, 0.717) is 49.6 Å². The minimum absolute atomic E-state index is 0.00692. The van der Waals surface area contributed by atoms with Gasteiger partial charge in [0.1, 0.15) is 5.52 Å². The second-order valence-corrected chi connectivity index (χ2v) is 7.11. The molecule has 1 aliphatic rings. The first kappa shape index (κ1) is 17.6. The molecule has 0 aliphatic carbocycles. The third-order valence-corrected chi connectivity index (χ3v) is 5.31. The van der Waals surface area contributed by atoms with Crippen molar-refractivity contribution in [3.05, 3.63) is 82.4 Å². The Morgan fingerprint density at radius 2 is 1.86 bits per heavy atom. The minimum atomic E-state index is -0.105. The molecule has 0 saturated carbocycles. The van der Waals surface area contributed by atoms with Gasteiger partial charge in [0.05, 0.1) is 25.3 Å². The summed E-state index contributed by atoms with van der Waals surface area (Å²) in [6.07, 6.45) is 3.55. The van der Waals surface area contributed by atoms with Crippen molar-refractivity contribution in [1.29, 1.82) is 0 Å². The number of fused-ring (bicyclic) bond motifs is 3. The van der Waals surface area contributed by atoms with Gasteiger partial charge in [0.25, 0.3) is 11.5 Å². The van der Waals surface area contributed by atoms with Gasteiger partial charge in [-0.3, -0.25) is 14.2 Å². The molecule has 7 heteroatoms. The molecule has 1 aliphatic heterocycles. The van der Waals surface area contributed by atoms with Crippen LogP contribution in [0.4, 0.5) is 0 Å². The monoisotopic (exact) mass is 388 g/mol. The molecule has 1 aromatic carbocycles. The highest BCUT2D eigenvalue weighted by atomic mass is 16.5. The Labute approximate surface area is 166 Å². The van der Waals surface area contributed by atoms with Gasteiger partial charge in [-0.2, -0.15) is 0 Å². The Hall–Kier alpha value is -3.45. The number of rotatable bonds is 3. The molecule has 1 amide bonds. The van der Waals surface area contributed by atoms with Crippen LogP contribution in [-0.2, 0) is 11.3 Å². The topological polar surface area (TPSA) is 68.8 Å². The summed E-state index contributed by atoms with van der Waals surface area (Å²) in [5.41, 5.74) is 3.49. The molecule has 0 spiro atoms. The van der Waals surface area contributed by atoms with Gasteiger partial charge in [-0.25, -0.2) is 4.98 Å². The first-order valence-corrected chi connectivity index (χ1v) is 9.63. The van der Waals surface area contributed by atoms with Gasteiger partial charge >= 0.3 is 0 Å². The van der Waals surface area contributed by atoms with E-state index >= 15 is 0 Å². The van der Waals surface area contributed by atoms with E-state index in [0.717, 1.165) is 11.1 Å². The first-order valence-electron chi connectivity index (χ1n) is 9.63. The Morgan fingerprint density at radius 1 is 1.03 bits per heavy atom. The summed E-state index contributed by atoms with van der Waals surface area (Å²) in [5.74, 6) is -0.00692. The van der Waals surface area contributed by atoms with Gasteiger partial charge in [0.15, 0.2) is 5.65 Å². The highest BCUT2D eigenvalue weighted by Gasteiger charge is 2.19. The van der Waals surface area contributed by atoms with Crippen LogP contribution in [0.15, 0.2) is 65.7 Å². The molecule has 5 rings (SSSR count). The molecule has 0 N–H and O–H groups in total. The number of morpholine rings is 1. The van der Waals surface area contributed by atoms with Crippen LogP contribution in [0.5, 0.6) is 0 Å². The largest absolute Gasteiger partial charge is 0.378 e. The molecule has 0 bridgehead atoms. The lowest BCUT2D eigenvalue weighted by atomic mass is 10.1. The lowest BCUT2D eigenvalue weighted by Gasteiger charge is -2.27. The fourth-order valence-corrected chi connectivity index (χ4v) is 3.87. The van der Waals surface area contributed by atoms with Crippen molar-refractivity contribution in [2.75, 3.05) is 26.3 Å². The molecule has 1 saturated heterocycles. The summed E-state index contributed by atoms with van der Waals surface area (Å²) in [7, 11) is 0. The average Bonchev–Trinajstić information content (AvgIpc) is 3.27. The second kappa shape index (κ2) is 7.18. The molecule has 4 heterocycles. The third-order valence-electron chi connectivity index (χ3n) is 5.31. The van der Waals surface area contributed by atoms with Gasteiger partial charge in [0, 0.05) is 31.0 Å². The summed E-state index contributed by atoms with van der Waals surface area (Å²) in [6.45, 7) is 2.67. The van der Waals surface area contributed by atoms with Crippen molar-refractivity contribution in [1.82, 2.24) is 18.9 Å². The molecular weight excluding hydrogens is 368 g/mol. The average molecular weight is 388 g/mol. The Balaban J connectivity index is 1.55. The normalized spacial score (nSPS) is 14.6. The summed E-state index contributed by atoms with van der Waals surface area (Å²) in [4.78, 5) is 32.2. The summed E-state index contributed by atoms with van der Waals surface area (Å²) >= 11 is 0. The summed E-state index contributed by atoms with van der Waals surface area (Å²) in [6, 6.07) is 14.9. The second-order valence-electron chi connectivity index (χ2n) is 7.11. The molecule has 29 heavy (non-hydrogen) atoms. The molecule has 1 fully saturated rings. The van der Waals surface area contributed by atoms with Gasteiger partial charge in [0.2, 0.25) is 0 Å². The number of benzene rings is 1. The molecule has 0 unspecified atom stereocenters. The van der Waals surface area contributed by atoms with Gasteiger partial charge < -0.3 is 14.0 Å². The number of nitrogens with zero attached hydrogens (tertiary/aromatic N) is 4. The highest BCUT2D eigenvalue weighted by Crippen LogP contribution is 2.16. The van der Waals surface area contributed by atoms with Crippen LogP contribution in [0.1, 0.15) is 15.9 Å². The van der Waals surface area contributed by atoms with Crippen molar-refractivity contribution >= 4 is 22.6 Å². The van der Waals surface area contributed by atoms with Crippen molar-refractivity contribution in [3.8, 4) is 0 Å². The maximum Gasteiger partial charge on any atom is 0.276 e. The van der Waals surface area contributed by atoms with E-state index in [2.05, 4.69) is 4.98 Å². The smallest absolute Gasteiger partial charge is 0.276 e. The third kappa shape index (κ3) is 3.09. The Bertz CT molecular complexity index is 1270. The standard InChI is InChI=1S/C22H20N4O3/c27-21(24-10-12-29-13-11-24)17-5-1-4-16(14-17)15-26-20-18(6-2-8-23-20)25-9-3-7-19(25)22(26)28/h1-9,14H,10-13,15H2. The molecule has 0 atom stereocenters. The van der Waals surface area contributed by atoms with Crippen molar-refractivity contribution in [2.24, 2.45) is 0 Å². The van der Waals surface area contributed by atoms with Crippen molar-refractivity contribution in [2.45, 2.75) is 6.54 Å². The number of carbonyl (C=O) groups is 1. The lowest BCUT2D eigenvalue weighted by Crippen LogP contribution is -2.40. The van der Waals surface area contributed by atoms with E-state index < -0.39 is 0 Å². The van der Waals surface area contributed by atoms with E-state index in [1.165, 1.54) is 0 Å². The van der Waals surface area contributed by atoms with Crippen molar-refractivity contribution in [3.63, 3.8) is 0 Å². The number of carbonyl (C=O) groups excluding carboxylic acids is 1. The summed E-state index contributed by atoms with van der Waals surface area (Å²) in [5, 5.41) is 0. The van der Waals surface area contributed by atoms with Crippen LogP contribution in [-0.4, -0.2) is 51.1 Å². The Morgan fingerprint density at radius 3 is 2.72 bits per heavy atom. The maximum absolute atomic E-state index is 13.1. The molecular formula is C22H20N4O3. The van der Waals surface area contributed by atoms with E-state index in [4.69, 9.17) is 4.74 Å². The molecule has 4 aromatic rings. The highest BCUT2D eigenvalue weighted by molar-refractivity contribution is 5.94. The Kier molecular flexibility index (Phi) is 4.37. The van der Waals surface area contributed by atoms with E-state index in [1.807, 2.05) is 59.1 Å². The lowest BCUT2D eigenvalue weighted by molar-refractivity contribution is 0.0303. The maximum atomic E-state index is 13.1. The van der Waals surface area contributed by atoms with Gasteiger partial charge in [-0.15, -0.1) is 0 Å². The minimum Gasteiger partial charge on any atom is -0.378 e. The fraction of sp³-hybridized carbons (Fsp3) is 0.227. The number of amides is 1. The molecule has 7 nitrogen and oxygen atoms in total. The molecule has 3 aromatic heterocycles. The number of ether oxygens (including phenoxy) is 1. The van der Waals surface area contributed by atoms with Crippen LogP contribution >= 0.6 is 0 Å². The van der Waals surface area contributed by atoms with Crippen LogP contribution < -0.4 is 5.56 Å².